The van der Waals surface area contributed by atoms with E-state index in [2.05, 4.69) is 17.2 Å². The number of nitrogens with zero attached hydrogens (tertiary/aromatic N) is 2. The van der Waals surface area contributed by atoms with Crippen LogP contribution in [0.5, 0.6) is 5.75 Å². The standard InChI is InChI=1S/C24H31N3O8/c1-5-6-15-34-18-9-7-17(8-10-18)19(28)25-16-24(20(29)30,21(31)32)27-13-11-26(12-14-27)22(33)35-23(2,3)4/h7-10H,11-16H2,1-4H3,(H,25,28)(H,29,30)(H,31,32). The molecule has 3 N–H and O–H groups in total. The number of rotatable bonds is 8. The van der Waals surface area contributed by atoms with Crippen molar-refractivity contribution in [2.75, 3.05) is 39.3 Å². The molecule has 0 bridgehead atoms. The third-order valence-corrected chi connectivity index (χ3v) is 5.29. The number of carboxylic acid groups (broad SMARTS) is 2. The third kappa shape index (κ3) is 7.10. The Balaban J connectivity index is 2.08. The second kappa shape index (κ2) is 11.6. The summed E-state index contributed by atoms with van der Waals surface area (Å²) >= 11 is 0. The van der Waals surface area contributed by atoms with Crippen molar-refractivity contribution in [3.05, 3.63) is 29.8 Å². The highest BCUT2D eigenvalue weighted by Gasteiger charge is 2.53. The summed E-state index contributed by atoms with van der Waals surface area (Å²) in [5, 5.41) is 22.2. The Morgan fingerprint density at radius 2 is 1.57 bits per heavy atom. The maximum Gasteiger partial charge on any atom is 0.410 e. The van der Waals surface area contributed by atoms with Gasteiger partial charge in [0.2, 0.25) is 5.54 Å². The lowest BCUT2D eigenvalue weighted by Gasteiger charge is -2.42. The van der Waals surface area contributed by atoms with E-state index >= 15 is 0 Å². The molecule has 1 aromatic carbocycles. The highest BCUT2D eigenvalue weighted by Crippen LogP contribution is 2.21. The fraction of sp³-hybridized carbons (Fsp3) is 0.500. The molecule has 1 heterocycles. The maximum absolute atomic E-state index is 12.6. The second-order valence-corrected chi connectivity index (χ2v) is 8.85. The van der Waals surface area contributed by atoms with Crippen molar-refractivity contribution >= 4 is 23.9 Å². The van der Waals surface area contributed by atoms with Crippen LogP contribution in [0.4, 0.5) is 4.79 Å². The minimum absolute atomic E-state index is 0.0274. The fourth-order valence-corrected chi connectivity index (χ4v) is 3.43. The summed E-state index contributed by atoms with van der Waals surface area (Å²) in [6.07, 6.45) is -0.559. The Morgan fingerprint density at radius 3 is 2.06 bits per heavy atom. The van der Waals surface area contributed by atoms with E-state index in [1.165, 1.54) is 21.9 Å². The Bertz CT molecular complexity index is 982. The van der Waals surface area contributed by atoms with Gasteiger partial charge in [-0.05, 0) is 52.0 Å². The van der Waals surface area contributed by atoms with E-state index < -0.39 is 41.6 Å². The number of ether oxygens (including phenoxy) is 2. The molecule has 1 aromatic rings. The molecule has 0 aliphatic carbocycles. The molecule has 2 rings (SSSR count). The Labute approximate surface area is 204 Å². The van der Waals surface area contributed by atoms with Gasteiger partial charge in [-0.15, -0.1) is 5.92 Å². The van der Waals surface area contributed by atoms with E-state index in [9.17, 15) is 29.4 Å². The number of amides is 2. The van der Waals surface area contributed by atoms with E-state index in [1.54, 1.807) is 39.8 Å². The zero-order chi connectivity index (χ0) is 26.2. The van der Waals surface area contributed by atoms with E-state index in [4.69, 9.17) is 9.47 Å². The zero-order valence-corrected chi connectivity index (χ0v) is 20.3. The van der Waals surface area contributed by atoms with Crippen molar-refractivity contribution in [2.24, 2.45) is 0 Å². The minimum atomic E-state index is -2.41. The van der Waals surface area contributed by atoms with E-state index in [0.717, 1.165) is 0 Å². The molecular weight excluding hydrogens is 458 g/mol. The van der Waals surface area contributed by atoms with Crippen LogP contribution in [-0.2, 0) is 14.3 Å². The number of carbonyl (C=O) groups excluding carboxylic acids is 2. The van der Waals surface area contributed by atoms with Crippen molar-refractivity contribution in [1.82, 2.24) is 15.1 Å². The largest absolute Gasteiger partial charge is 0.481 e. The van der Waals surface area contributed by atoms with Gasteiger partial charge in [-0.25, -0.2) is 14.4 Å². The lowest BCUT2D eigenvalue weighted by molar-refractivity contribution is -0.168. The number of carboxylic acids is 2. The van der Waals surface area contributed by atoms with Gasteiger partial charge < -0.3 is 29.9 Å². The number of piperazine rings is 1. The number of nitrogens with one attached hydrogen (secondary N) is 1. The molecule has 0 aromatic heterocycles. The monoisotopic (exact) mass is 489 g/mol. The van der Waals surface area contributed by atoms with Crippen LogP contribution in [0, 0.1) is 11.8 Å². The van der Waals surface area contributed by atoms with E-state index in [1.807, 2.05) is 0 Å². The Kier molecular flexibility index (Phi) is 9.08. The first-order valence-corrected chi connectivity index (χ1v) is 11.0. The normalized spacial score (nSPS) is 14.3. The molecule has 11 nitrogen and oxygen atoms in total. The number of hydrogen-bond acceptors (Lipinski definition) is 7. The van der Waals surface area contributed by atoms with E-state index in [0.29, 0.717) is 5.75 Å². The predicted molar refractivity (Wildman–Crippen MR) is 125 cm³/mol. The maximum atomic E-state index is 12.6. The molecule has 1 saturated heterocycles. The molecule has 0 atom stereocenters. The van der Waals surface area contributed by atoms with Gasteiger partial charge in [-0.3, -0.25) is 9.69 Å². The van der Waals surface area contributed by atoms with Gasteiger partial charge in [0.05, 0.1) is 6.54 Å². The number of aliphatic carboxylic acids is 2. The van der Waals surface area contributed by atoms with Gasteiger partial charge in [0.25, 0.3) is 5.91 Å². The van der Waals surface area contributed by atoms with Crippen LogP contribution in [0.25, 0.3) is 0 Å². The van der Waals surface area contributed by atoms with Crippen LogP contribution in [-0.4, -0.2) is 94.4 Å². The van der Waals surface area contributed by atoms with Crippen LogP contribution >= 0.6 is 0 Å². The predicted octanol–water partition coefficient (Wildman–Crippen LogP) is 1.28. The molecule has 1 aliphatic rings. The molecular formula is C24H31N3O8. The van der Waals surface area contributed by atoms with Gasteiger partial charge in [-0.2, -0.15) is 0 Å². The average molecular weight is 490 g/mol. The molecule has 11 heteroatoms. The van der Waals surface area contributed by atoms with Gasteiger partial charge in [0.15, 0.2) is 0 Å². The second-order valence-electron chi connectivity index (χ2n) is 8.85. The summed E-state index contributed by atoms with van der Waals surface area (Å²) in [5.74, 6) is 2.08. The van der Waals surface area contributed by atoms with Crippen molar-refractivity contribution in [3.63, 3.8) is 0 Å². The molecule has 1 fully saturated rings. The lowest BCUT2D eigenvalue weighted by atomic mass is 9.95. The Hall–Kier alpha value is -3.78. The molecule has 0 radical (unpaired) electrons. The number of benzene rings is 1. The molecule has 2 amide bonds. The average Bonchev–Trinajstić information content (AvgIpc) is 2.79. The van der Waals surface area contributed by atoms with Crippen molar-refractivity contribution < 1.29 is 38.9 Å². The summed E-state index contributed by atoms with van der Waals surface area (Å²) in [7, 11) is 0. The lowest BCUT2D eigenvalue weighted by Crippen LogP contribution is -2.69. The van der Waals surface area contributed by atoms with Crippen LogP contribution in [0.15, 0.2) is 24.3 Å². The summed E-state index contributed by atoms with van der Waals surface area (Å²) < 4.78 is 10.7. The van der Waals surface area contributed by atoms with Gasteiger partial charge in [0, 0.05) is 31.7 Å². The third-order valence-electron chi connectivity index (χ3n) is 5.29. The fourth-order valence-electron chi connectivity index (χ4n) is 3.43. The highest BCUT2D eigenvalue weighted by molar-refractivity contribution is 6.04. The van der Waals surface area contributed by atoms with Crippen LogP contribution in [0.2, 0.25) is 0 Å². The number of carbonyl (C=O) groups is 4. The first kappa shape index (κ1) is 27.5. The molecule has 0 saturated carbocycles. The van der Waals surface area contributed by atoms with E-state index in [-0.39, 0.29) is 38.3 Å². The van der Waals surface area contributed by atoms with Crippen molar-refractivity contribution in [1.29, 1.82) is 0 Å². The summed E-state index contributed by atoms with van der Waals surface area (Å²) in [6.45, 7) is 6.50. The first-order valence-electron chi connectivity index (χ1n) is 11.0. The summed E-state index contributed by atoms with van der Waals surface area (Å²) in [6, 6.07) is 6.08. The molecule has 190 valence electrons. The van der Waals surface area contributed by atoms with Crippen molar-refractivity contribution in [2.45, 2.75) is 38.8 Å². The zero-order valence-electron chi connectivity index (χ0n) is 20.3. The Morgan fingerprint density at radius 1 is 1.00 bits per heavy atom. The molecule has 1 aliphatic heterocycles. The van der Waals surface area contributed by atoms with Crippen LogP contribution < -0.4 is 10.1 Å². The SMILES string of the molecule is CC#CCOc1ccc(C(=O)NCC(C(=O)O)(C(=O)O)N2CCN(C(=O)OC(C)(C)C)CC2)cc1. The van der Waals surface area contributed by atoms with Gasteiger partial charge in [0.1, 0.15) is 18.0 Å². The molecule has 0 unspecified atom stereocenters. The molecule has 0 spiro atoms. The van der Waals surface area contributed by atoms with Crippen molar-refractivity contribution in [3.8, 4) is 17.6 Å². The summed E-state index contributed by atoms with van der Waals surface area (Å²) in [4.78, 5) is 51.9. The van der Waals surface area contributed by atoms with Gasteiger partial charge in [-0.1, -0.05) is 5.92 Å². The smallest absolute Gasteiger partial charge is 0.410 e. The van der Waals surface area contributed by atoms with Crippen LogP contribution in [0.1, 0.15) is 38.1 Å². The number of hydrogen-bond donors (Lipinski definition) is 3. The molecule has 35 heavy (non-hydrogen) atoms. The quantitative estimate of drug-likeness (QED) is 0.363. The summed E-state index contributed by atoms with van der Waals surface area (Å²) in [5.41, 5.74) is -2.89. The van der Waals surface area contributed by atoms with Gasteiger partial charge >= 0.3 is 18.0 Å². The first-order chi connectivity index (χ1) is 16.4. The minimum Gasteiger partial charge on any atom is -0.481 e. The van der Waals surface area contributed by atoms with Crippen LogP contribution in [0.3, 0.4) is 0 Å². The topological polar surface area (TPSA) is 146 Å². The highest BCUT2D eigenvalue weighted by atomic mass is 16.6.